The highest BCUT2D eigenvalue weighted by atomic mass is 35.5. The Morgan fingerprint density at radius 1 is 1.24 bits per heavy atom. The molecule has 0 spiro atoms. The minimum atomic E-state index is -3.69. The van der Waals surface area contributed by atoms with Crippen LogP contribution in [0.15, 0.2) is 28.6 Å². The Hall–Kier alpha value is -1.06. The molecule has 136 valence electrons. The number of sulfonamides is 1. The lowest BCUT2D eigenvalue weighted by Crippen LogP contribution is -2.35. The Kier molecular flexibility index (Phi) is 5.75. The summed E-state index contributed by atoms with van der Waals surface area (Å²) in [6, 6.07) is 5.15. The fraction of sp³-hybridized carbons (Fsp3) is 0.400. The molecule has 1 aliphatic rings. The molecule has 2 aromatic rings. The Morgan fingerprint density at radius 2 is 1.88 bits per heavy atom. The van der Waals surface area contributed by atoms with Crippen LogP contribution in [0.5, 0.6) is 5.75 Å². The van der Waals surface area contributed by atoms with E-state index in [2.05, 4.69) is 9.88 Å². The second kappa shape index (κ2) is 7.67. The summed E-state index contributed by atoms with van der Waals surface area (Å²) in [6.45, 7) is 2.18. The van der Waals surface area contributed by atoms with Gasteiger partial charge in [0.1, 0.15) is 5.75 Å². The number of nitrogens with zero attached hydrogens (tertiary/aromatic N) is 2. The van der Waals surface area contributed by atoms with E-state index in [0.29, 0.717) is 33.5 Å². The van der Waals surface area contributed by atoms with Gasteiger partial charge in [0.2, 0.25) is 10.0 Å². The largest absolute Gasteiger partial charge is 0.493 e. The van der Waals surface area contributed by atoms with Gasteiger partial charge in [-0.15, -0.1) is 0 Å². The highest BCUT2D eigenvalue weighted by molar-refractivity contribution is 7.91. The quantitative estimate of drug-likeness (QED) is 0.799. The molecule has 10 heteroatoms. The molecule has 0 radical (unpaired) electrons. The Morgan fingerprint density at radius 3 is 2.44 bits per heavy atom. The number of benzene rings is 1. The molecular formula is C15H17Cl2N3O3S2. The van der Waals surface area contributed by atoms with Gasteiger partial charge < -0.3 is 9.64 Å². The summed E-state index contributed by atoms with van der Waals surface area (Å²) in [4.78, 5) is 6.24. The van der Waals surface area contributed by atoms with Crippen molar-refractivity contribution in [2.24, 2.45) is 11.1 Å². The van der Waals surface area contributed by atoms with Gasteiger partial charge in [0.25, 0.3) is 0 Å². The lowest BCUT2D eigenvalue weighted by Gasteiger charge is -2.31. The summed E-state index contributed by atoms with van der Waals surface area (Å²) < 4.78 is 28.6. The van der Waals surface area contributed by atoms with Gasteiger partial charge in [0.15, 0.2) is 9.34 Å². The van der Waals surface area contributed by atoms with Gasteiger partial charge in [-0.2, -0.15) is 0 Å². The Labute approximate surface area is 160 Å². The summed E-state index contributed by atoms with van der Waals surface area (Å²) in [6.07, 6.45) is 3.17. The minimum Gasteiger partial charge on any atom is -0.493 e. The molecular weight excluding hydrogens is 405 g/mol. The van der Waals surface area contributed by atoms with E-state index in [-0.39, 0.29) is 4.21 Å². The number of hydrogen-bond acceptors (Lipinski definition) is 6. The van der Waals surface area contributed by atoms with Crippen LogP contribution in [0.3, 0.4) is 0 Å². The summed E-state index contributed by atoms with van der Waals surface area (Å²) in [7, 11) is -3.69. The standard InChI is InChI=1S/C15H17Cl2N3O3S2/c16-11-5-12(17)7-13(6-11)23-9-10-1-3-20(4-2-10)15-19-8-14(24-15)25(18,21)22/h5-8,10H,1-4,9H2,(H2,18,21,22). The average molecular weight is 422 g/mol. The van der Waals surface area contributed by atoms with Gasteiger partial charge in [-0.25, -0.2) is 18.5 Å². The van der Waals surface area contributed by atoms with E-state index in [9.17, 15) is 8.42 Å². The molecule has 1 saturated heterocycles. The molecule has 0 amide bonds. The number of aromatic nitrogens is 1. The predicted octanol–water partition coefficient (Wildman–Crippen LogP) is 3.39. The molecule has 0 saturated carbocycles. The number of anilines is 1. The number of hydrogen-bond donors (Lipinski definition) is 1. The monoisotopic (exact) mass is 421 g/mol. The van der Waals surface area contributed by atoms with E-state index < -0.39 is 10.0 Å². The molecule has 1 aliphatic heterocycles. The molecule has 2 N–H and O–H groups in total. The Bertz CT molecular complexity index is 829. The van der Waals surface area contributed by atoms with Crippen LogP contribution in [0.25, 0.3) is 0 Å². The van der Waals surface area contributed by atoms with Crippen LogP contribution in [0.2, 0.25) is 10.0 Å². The van der Waals surface area contributed by atoms with E-state index >= 15 is 0 Å². The van der Waals surface area contributed by atoms with Gasteiger partial charge in [-0.1, -0.05) is 34.5 Å². The van der Waals surface area contributed by atoms with Crippen LogP contribution in [-0.2, 0) is 10.0 Å². The maximum absolute atomic E-state index is 11.3. The Balaban J connectivity index is 1.52. The molecule has 1 fully saturated rings. The molecule has 0 aliphatic carbocycles. The second-order valence-corrected chi connectivity index (χ2v) is 9.52. The first-order valence-corrected chi connectivity index (χ1v) is 10.8. The maximum atomic E-state index is 11.3. The molecule has 2 heterocycles. The van der Waals surface area contributed by atoms with E-state index in [0.717, 1.165) is 37.3 Å². The van der Waals surface area contributed by atoms with Crippen LogP contribution < -0.4 is 14.8 Å². The van der Waals surface area contributed by atoms with Crippen molar-refractivity contribution in [2.75, 3.05) is 24.6 Å². The molecule has 0 atom stereocenters. The van der Waals surface area contributed by atoms with Crippen molar-refractivity contribution in [3.63, 3.8) is 0 Å². The van der Waals surface area contributed by atoms with E-state index in [4.69, 9.17) is 33.1 Å². The second-order valence-electron chi connectivity index (χ2n) is 5.85. The number of halogens is 2. The van der Waals surface area contributed by atoms with E-state index in [1.54, 1.807) is 18.2 Å². The van der Waals surface area contributed by atoms with Crippen molar-refractivity contribution in [1.82, 2.24) is 4.98 Å². The summed E-state index contributed by atoms with van der Waals surface area (Å²) in [5, 5.41) is 6.91. The van der Waals surface area contributed by atoms with E-state index in [1.165, 1.54) is 6.20 Å². The molecule has 1 aromatic heterocycles. The van der Waals surface area contributed by atoms with Gasteiger partial charge in [0, 0.05) is 23.1 Å². The zero-order chi connectivity index (χ0) is 18.0. The number of nitrogens with two attached hydrogens (primary N) is 1. The van der Waals surface area contributed by atoms with Crippen molar-refractivity contribution in [3.05, 3.63) is 34.4 Å². The van der Waals surface area contributed by atoms with E-state index in [1.807, 2.05) is 0 Å². The van der Waals surface area contributed by atoms with Crippen molar-refractivity contribution in [3.8, 4) is 5.75 Å². The van der Waals surface area contributed by atoms with Crippen molar-refractivity contribution in [2.45, 2.75) is 17.1 Å². The third-order valence-electron chi connectivity index (χ3n) is 3.96. The zero-order valence-electron chi connectivity index (χ0n) is 13.2. The van der Waals surface area contributed by atoms with Crippen LogP contribution in [0.1, 0.15) is 12.8 Å². The first kappa shape index (κ1) is 18.7. The van der Waals surface area contributed by atoms with Crippen molar-refractivity contribution in [1.29, 1.82) is 0 Å². The first-order chi connectivity index (χ1) is 11.8. The lowest BCUT2D eigenvalue weighted by atomic mass is 9.98. The maximum Gasteiger partial charge on any atom is 0.249 e. The number of piperidine rings is 1. The van der Waals surface area contributed by atoms with Crippen molar-refractivity contribution >= 4 is 49.7 Å². The highest BCUT2D eigenvalue weighted by Gasteiger charge is 2.23. The topological polar surface area (TPSA) is 85.5 Å². The fourth-order valence-electron chi connectivity index (χ4n) is 2.65. The molecule has 0 unspecified atom stereocenters. The molecule has 0 bridgehead atoms. The van der Waals surface area contributed by atoms with Gasteiger partial charge in [-0.3, -0.25) is 0 Å². The van der Waals surface area contributed by atoms with Crippen molar-refractivity contribution < 1.29 is 13.2 Å². The third kappa shape index (κ3) is 4.98. The van der Waals surface area contributed by atoms with Crippen LogP contribution in [0.4, 0.5) is 5.13 Å². The molecule has 6 nitrogen and oxygen atoms in total. The predicted molar refractivity (Wildman–Crippen MR) is 100 cm³/mol. The normalized spacial score (nSPS) is 16.2. The minimum absolute atomic E-state index is 0.0887. The summed E-state index contributed by atoms with van der Waals surface area (Å²) in [5.74, 6) is 1.07. The third-order valence-corrected chi connectivity index (χ3v) is 6.86. The van der Waals surface area contributed by atoms with Gasteiger partial charge in [0.05, 0.1) is 12.8 Å². The number of primary sulfonamides is 1. The summed E-state index contributed by atoms with van der Waals surface area (Å²) >= 11 is 13.0. The number of rotatable bonds is 5. The van der Waals surface area contributed by atoms with Crippen LogP contribution in [-0.4, -0.2) is 33.1 Å². The average Bonchev–Trinajstić information content (AvgIpc) is 3.03. The molecule has 3 rings (SSSR count). The highest BCUT2D eigenvalue weighted by Crippen LogP contribution is 2.30. The smallest absolute Gasteiger partial charge is 0.249 e. The van der Waals surface area contributed by atoms with Crippen LogP contribution in [0, 0.1) is 5.92 Å². The zero-order valence-corrected chi connectivity index (χ0v) is 16.3. The fourth-order valence-corrected chi connectivity index (χ4v) is 4.74. The first-order valence-electron chi connectivity index (χ1n) is 7.64. The summed E-state index contributed by atoms with van der Waals surface area (Å²) in [5.41, 5.74) is 0. The SMILES string of the molecule is NS(=O)(=O)c1cnc(N2CCC(COc3cc(Cl)cc(Cl)c3)CC2)s1. The van der Waals surface area contributed by atoms with Gasteiger partial charge in [-0.05, 0) is 37.0 Å². The van der Waals surface area contributed by atoms with Gasteiger partial charge >= 0.3 is 0 Å². The lowest BCUT2D eigenvalue weighted by molar-refractivity contribution is 0.223. The number of thiazole rings is 1. The molecule has 1 aromatic carbocycles. The molecule has 25 heavy (non-hydrogen) atoms. The number of ether oxygens (including phenoxy) is 1. The van der Waals surface area contributed by atoms with Crippen LogP contribution >= 0.6 is 34.5 Å².